The van der Waals surface area contributed by atoms with Gasteiger partial charge in [0.25, 0.3) is 15.7 Å². The van der Waals surface area contributed by atoms with Gasteiger partial charge in [-0.25, -0.2) is 12.8 Å². The molecule has 0 spiro atoms. The van der Waals surface area contributed by atoms with Crippen molar-refractivity contribution in [2.24, 2.45) is 0 Å². The molecule has 1 fully saturated rings. The number of hydrogen-bond acceptors (Lipinski definition) is 5. The van der Waals surface area contributed by atoms with Crippen molar-refractivity contribution in [1.29, 1.82) is 0 Å². The zero-order chi connectivity index (χ0) is 18.9. The Balaban J connectivity index is 0.00000261. The Morgan fingerprint density at radius 2 is 2.00 bits per heavy atom. The van der Waals surface area contributed by atoms with Gasteiger partial charge in [-0.1, -0.05) is 23.7 Å². The molecular formula is C16H16Cl2FN3O4S. The lowest BCUT2D eigenvalue weighted by molar-refractivity contribution is -0.387. The van der Waals surface area contributed by atoms with Crippen LogP contribution >= 0.6 is 24.0 Å². The summed E-state index contributed by atoms with van der Waals surface area (Å²) in [7, 11) is -4.23. The van der Waals surface area contributed by atoms with Crippen molar-refractivity contribution in [3.8, 4) is 0 Å². The normalized spacial score (nSPS) is 17.9. The molecule has 1 aliphatic rings. The zero-order valence-electron chi connectivity index (χ0n) is 13.8. The van der Waals surface area contributed by atoms with E-state index in [1.165, 1.54) is 24.3 Å². The molecule has 0 aromatic heterocycles. The Morgan fingerprint density at radius 1 is 1.26 bits per heavy atom. The Kier molecular flexibility index (Phi) is 6.77. The maximum atomic E-state index is 13.6. The summed E-state index contributed by atoms with van der Waals surface area (Å²) in [5.41, 5.74) is -0.0867. The molecular weight excluding hydrogens is 420 g/mol. The van der Waals surface area contributed by atoms with Gasteiger partial charge >= 0.3 is 0 Å². The smallest absolute Gasteiger partial charge is 0.289 e. The van der Waals surface area contributed by atoms with Gasteiger partial charge in [-0.15, -0.1) is 12.4 Å². The van der Waals surface area contributed by atoms with Crippen LogP contribution in [0.3, 0.4) is 0 Å². The highest BCUT2D eigenvalue weighted by atomic mass is 35.5. The van der Waals surface area contributed by atoms with E-state index in [1.807, 2.05) is 0 Å². The summed E-state index contributed by atoms with van der Waals surface area (Å²) in [5.74, 6) is -0.487. The molecule has 1 heterocycles. The van der Waals surface area contributed by atoms with Gasteiger partial charge in [0, 0.05) is 30.7 Å². The maximum absolute atomic E-state index is 13.6. The number of nitro benzene ring substituents is 1. The molecule has 27 heavy (non-hydrogen) atoms. The van der Waals surface area contributed by atoms with E-state index in [-0.39, 0.29) is 30.5 Å². The molecule has 146 valence electrons. The van der Waals surface area contributed by atoms with E-state index in [4.69, 9.17) is 11.6 Å². The molecule has 1 saturated heterocycles. The first-order valence-corrected chi connectivity index (χ1v) is 9.54. The monoisotopic (exact) mass is 435 g/mol. The molecule has 3 rings (SSSR count). The predicted octanol–water partition coefficient (Wildman–Crippen LogP) is 3.14. The van der Waals surface area contributed by atoms with Crippen LogP contribution in [0.5, 0.6) is 0 Å². The number of hydrogen-bond donors (Lipinski definition) is 1. The molecule has 0 saturated carbocycles. The van der Waals surface area contributed by atoms with Crippen molar-refractivity contribution in [2.75, 3.05) is 19.6 Å². The summed E-state index contributed by atoms with van der Waals surface area (Å²) in [4.78, 5) is 10.0. The second kappa shape index (κ2) is 8.49. The lowest BCUT2D eigenvalue weighted by atomic mass is 10.1. The van der Waals surface area contributed by atoms with Crippen LogP contribution in [-0.2, 0) is 10.0 Å². The van der Waals surface area contributed by atoms with Gasteiger partial charge in [0.1, 0.15) is 5.82 Å². The van der Waals surface area contributed by atoms with Crippen molar-refractivity contribution in [1.82, 2.24) is 9.62 Å². The Labute approximate surface area is 166 Å². The lowest BCUT2D eigenvalue weighted by Crippen LogP contribution is -2.48. The third kappa shape index (κ3) is 4.39. The second-order valence-electron chi connectivity index (χ2n) is 5.76. The fourth-order valence-electron chi connectivity index (χ4n) is 2.94. The molecule has 1 atom stereocenters. The van der Waals surface area contributed by atoms with Crippen LogP contribution in [-0.4, -0.2) is 37.3 Å². The summed E-state index contributed by atoms with van der Waals surface area (Å²) in [6, 6.07) is 8.34. The van der Waals surface area contributed by atoms with Gasteiger partial charge in [0.2, 0.25) is 0 Å². The summed E-state index contributed by atoms with van der Waals surface area (Å²) in [6.45, 7) is 0.726. The van der Waals surface area contributed by atoms with Gasteiger partial charge in [-0.05, 0) is 29.8 Å². The van der Waals surface area contributed by atoms with Gasteiger partial charge < -0.3 is 5.32 Å². The van der Waals surface area contributed by atoms with E-state index in [0.717, 1.165) is 16.4 Å². The summed E-state index contributed by atoms with van der Waals surface area (Å²) >= 11 is 5.87. The van der Waals surface area contributed by atoms with E-state index >= 15 is 0 Å². The van der Waals surface area contributed by atoms with Gasteiger partial charge in [-0.3, -0.25) is 10.1 Å². The minimum Gasteiger partial charge on any atom is -0.313 e. The zero-order valence-corrected chi connectivity index (χ0v) is 16.2. The van der Waals surface area contributed by atoms with Crippen molar-refractivity contribution >= 4 is 39.7 Å². The third-order valence-corrected chi connectivity index (χ3v) is 6.31. The van der Waals surface area contributed by atoms with Crippen LogP contribution in [0.25, 0.3) is 0 Å². The van der Waals surface area contributed by atoms with Gasteiger partial charge in [-0.2, -0.15) is 4.31 Å². The fourth-order valence-corrected chi connectivity index (χ4v) is 4.98. The first kappa shape index (κ1) is 21.5. The summed E-state index contributed by atoms with van der Waals surface area (Å²) in [5, 5.41) is 14.4. The first-order valence-electron chi connectivity index (χ1n) is 7.72. The average Bonchev–Trinajstić information content (AvgIpc) is 2.61. The number of nitro groups is 1. The molecule has 1 N–H and O–H groups in total. The quantitative estimate of drug-likeness (QED) is 0.587. The number of nitrogens with one attached hydrogen (secondary N) is 1. The molecule has 2 aromatic rings. The molecule has 11 heteroatoms. The number of nitrogens with zero attached hydrogens (tertiary/aromatic N) is 2. The van der Waals surface area contributed by atoms with Crippen molar-refractivity contribution < 1.29 is 17.7 Å². The Morgan fingerprint density at radius 3 is 2.67 bits per heavy atom. The molecule has 0 bridgehead atoms. The van der Waals surface area contributed by atoms with Crippen LogP contribution in [0.1, 0.15) is 11.6 Å². The lowest BCUT2D eigenvalue weighted by Gasteiger charge is -2.35. The van der Waals surface area contributed by atoms with Crippen LogP contribution in [0.2, 0.25) is 5.02 Å². The molecule has 0 amide bonds. The highest BCUT2D eigenvalue weighted by Crippen LogP contribution is 2.34. The number of sulfonamides is 1. The molecule has 7 nitrogen and oxygen atoms in total. The van der Waals surface area contributed by atoms with Crippen molar-refractivity contribution in [3.05, 3.63) is 69.0 Å². The SMILES string of the molecule is Cl.O=[N+]([O-])c1ccc(Cl)cc1S(=O)(=O)N1CCNCC1c1cccc(F)c1. The molecule has 1 aliphatic heterocycles. The topological polar surface area (TPSA) is 92.5 Å². The largest absolute Gasteiger partial charge is 0.313 e. The highest BCUT2D eigenvalue weighted by molar-refractivity contribution is 7.89. The van der Waals surface area contributed by atoms with E-state index in [2.05, 4.69) is 5.32 Å². The van der Waals surface area contributed by atoms with E-state index in [1.54, 1.807) is 6.07 Å². The summed E-state index contributed by atoms with van der Waals surface area (Å²) < 4.78 is 41.1. The second-order valence-corrected chi connectivity index (χ2v) is 8.06. The highest BCUT2D eigenvalue weighted by Gasteiger charge is 2.38. The van der Waals surface area contributed by atoms with E-state index in [0.29, 0.717) is 12.1 Å². The number of halogens is 3. The van der Waals surface area contributed by atoms with Crippen LogP contribution in [0.15, 0.2) is 47.4 Å². The van der Waals surface area contributed by atoms with Crippen LogP contribution in [0, 0.1) is 15.9 Å². The first-order chi connectivity index (χ1) is 12.3. The standard InChI is InChI=1S/C16H15ClFN3O4S.ClH/c17-12-4-5-14(21(22)23)16(9-12)26(24,25)20-7-6-19-10-15(20)11-2-1-3-13(18)8-11;/h1-5,8-9,15,19H,6-7,10H2;1H. The van der Waals surface area contributed by atoms with Crippen molar-refractivity contribution in [2.45, 2.75) is 10.9 Å². The maximum Gasteiger partial charge on any atom is 0.289 e. The molecule has 0 aliphatic carbocycles. The predicted molar refractivity (Wildman–Crippen MR) is 101 cm³/mol. The number of piperazine rings is 1. The van der Waals surface area contributed by atoms with Crippen LogP contribution < -0.4 is 5.32 Å². The van der Waals surface area contributed by atoms with E-state index in [9.17, 15) is 22.9 Å². The minimum absolute atomic E-state index is 0. The van der Waals surface area contributed by atoms with Crippen molar-refractivity contribution in [3.63, 3.8) is 0 Å². The van der Waals surface area contributed by atoms with E-state index < -0.39 is 37.4 Å². The van der Waals surface area contributed by atoms with Crippen LogP contribution in [0.4, 0.5) is 10.1 Å². The summed E-state index contributed by atoms with van der Waals surface area (Å²) in [6.07, 6.45) is 0. The van der Waals surface area contributed by atoms with Gasteiger partial charge in [0.15, 0.2) is 4.90 Å². The third-order valence-electron chi connectivity index (χ3n) is 4.13. The fraction of sp³-hybridized carbons (Fsp3) is 0.250. The molecule has 1 unspecified atom stereocenters. The Bertz CT molecular complexity index is 958. The number of benzene rings is 2. The minimum atomic E-state index is -4.23. The average molecular weight is 436 g/mol. The molecule has 2 aromatic carbocycles. The Hall–Kier alpha value is -1.78. The van der Waals surface area contributed by atoms with Gasteiger partial charge in [0.05, 0.1) is 11.0 Å². The number of rotatable bonds is 4. The molecule has 0 radical (unpaired) electrons.